The van der Waals surface area contributed by atoms with Crippen LogP contribution in [0, 0.1) is 0 Å². The smallest absolute Gasteiger partial charge is 0.420 e. The third kappa shape index (κ3) is 3.57. The first kappa shape index (κ1) is 17.3. The predicted octanol–water partition coefficient (Wildman–Crippen LogP) is 2.77. The fourth-order valence-electron chi connectivity index (χ4n) is 2.76. The molecule has 1 unspecified atom stereocenters. The van der Waals surface area contributed by atoms with E-state index in [-0.39, 0.29) is 19.0 Å². The highest BCUT2D eigenvalue weighted by molar-refractivity contribution is 7.15. The average molecular weight is 384 g/mol. The summed E-state index contributed by atoms with van der Waals surface area (Å²) in [7, 11) is 0. The maximum atomic E-state index is 12.2. The van der Waals surface area contributed by atoms with Gasteiger partial charge in [0.15, 0.2) is 5.58 Å². The molecule has 0 spiro atoms. The number of carbonyl (C=O) groups excluding carboxylic acids is 1. The third-order valence-electron chi connectivity index (χ3n) is 4.09. The van der Waals surface area contributed by atoms with Crippen LogP contribution >= 0.6 is 11.3 Å². The van der Waals surface area contributed by atoms with Crippen LogP contribution < -0.4 is 11.1 Å². The molecule has 3 aromatic heterocycles. The van der Waals surface area contributed by atoms with Crippen LogP contribution in [-0.2, 0) is 11.3 Å². The number of oxazole rings is 1. The average Bonchev–Trinajstić information content (AvgIpc) is 3.40. The number of hydrogen-bond donors (Lipinski definition) is 2. The van der Waals surface area contributed by atoms with Crippen LogP contribution in [0.25, 0.3) is 21.7 Å². The summed E-state index contributed by atoms with van der Waals surface area (Å²) in [5.41, 5.74) is 0.985. The molecule has 0 aliphatic heterocycles. The second-order valence-electron chi connectivity index (χ2n) is 5.92. The molecule has 4 aromatic rings. The standard InChI is InChI=1S/C19H16N2O5S/c22-13(16-7-8-17(27-16)15-6-3-9-25-15)10-20-18(23)11-21-12-4-1-2-5-14(12)26-19(21)24/h1-9,13,22H,10-11H2,(H,20,23). The van der Waals surface area contributed by atoms with Crippen LogP contribution in [0.3, 0.4) is 0 Å². The van der Waals surface area contributed by atoms with Crippen molar-refractivity contribution in [3.8, 4) is 10.6 Å². The molecule has 0 bridgehead atoms. The lowest BCUT2D eigenvalue weighted by Gasteiger charge is -2.10. The number of furan rings is 1. The Morgan fingerprint density at radius 2 is 2.04 bits per heavy atom. The van der Waals surface area contributed by atoms with Crippen molar-refractivity contribution in [2.75, 3.05) is 6.54 Å². The van der Waals surface area contributed by atoms with E-state index in [1.165, 1.54) is 15.9 Å². The minimum atomic E-state index is -0.847. The number of aliphatic hydroxyl groups is 1. The molecule has 1 aromatic carbocycles. The van der Waals surface area contributed by atoms with E-state index < -0.39 is 11.9 Å². The van der Waals surface area contributed by atoms with Crippen molar-refractivity contribution in [3.63, 3.8) is 0 Å². The van der Waals surface area contributed by atoms with E-state index in [4.69, 9.17) is 8.83 Å². The fraction of sp³-hybridized carbons (Fsp3) is 0.158. The van der Waals surface area contributed by atoms with Crippen LogP contribution in [-0.4, -0.2) is 22.1 Å². The monoisotopic (exact) mass is 384 g/mol. The van der Waals surface area contributed by atoms with Crippen LogP contribution in [0.1, 0.15) is 11.0 Å². The van der Waals surface area contributed by atoms with Gasteiger partial charge in [-0.25, -0.2) is 4.79 Å². The van der Waals surface area contributed by atoms with Crippen molar-refractivity contribution < 1.29 is 18.7 Å². The number of carbonyl (C=O) groups is 1. The van der Waals surface area contributed by atoms with Crippen molar-refractivity contribution >= 4 is 28.3 Å². The Morgan fingerprint density at radius 1 is 1.19 bits per heavy atom. The summed E-state index contributed by atoms with van der Waals surface area (Å²) in [6.07, 6.45) is 0.743. The summed E-state index contributed by atoms with van der Waals surface area (Å²) >= 11 is 1.39. The zero-order valence-electron chi connectivity index (χ0n) is 14.1. The maximum Gasteiger partial charge on any atom is 0.420 e. The van der Waals surface area contributed by atoms with Gasteiger partial charge in [0, 0.05) is 11.4 Å². The number of fused-ring (bicyclic) bond motifs is 1. The van der Waals surface area contributed by atoms with Gasteiger partial charge in [0.1, 0.15) is 18.4 Å². The summed E-state index contributed by atoms with van der Waals surface area (Å²) in [6, 6.07) is 14.2. The van der Waals surface area contributed by atoms with E-state index in [0.29, 0.717) is 16.0 Å². The Hall–Kier alpha value is -3.10. The van der Waals surface area contributed by atoms with Crippen molar-refractivity contribution in [1.82, 2.24) is 9.88 Å². The van der Waals surface area contributed by atoms with E-state index in [1.807, 2.05) is 12.1 Å². The molecule has 2 N–H and O–H groups in total. The Labute approximate surface area is 157 Å². The van der Waals surface area contributed by atoms with Gasteiger partial charge in [-0.05, 0) is 36.4 Å². The Kier molecular flexibility index (Phi) is 4.66. The van der Waals surface area contributed by atoms with E-state index in [2.05, 4.69) is 5.32 Å². The Morgan fingerprint density at radius 3 is 2.85 bits per heavy atom. The van der Waals surface area contributed by atoms with Crippen LogP contribution in [0.5, 0.6) is 0 Å². The second kappa shape index (κ2) is 7.26. The highest BCUT2D eigenvalue weighted by atomic mass is 32.1. The highest BCUT2D eigenvalue weighted by Crippen LogP contribution is 2.31. The number of aliphatic hydroxyl groups excluding tert-OH is 1. The van der Waals surface area contributed by atoms with Crippen molar-refractivity contribution in [2.24, 2.45) is 0 Å². The van der Waals surface area contributed by atoms with Crippen LogP contribution in [0.2, 0.25) is 0 Å². The van der Waals surface area contributed by atoms with E-state index in [0.717, 1.165) is 10.6 Å². The molecule has 3 heterocycles. The number of aromatic nitrogens is 1. The van der Waals surface area contributed by atoms with Gasteiger partial charge in [0.25, 0.3) is 0 Å². The second-order valence-corrected chi connectivity index (χ2v) is 7.04. The molecule has 0 radical (unpaired) electrons. The zero-order valence-corrected chi connectivity index (χ0v) is 14.9. The first-order valence-corrected chi connectivity index (χ1v) is 9.10. The molecule has 1 atom stereocenters. The lowest BCUT2D eigenvalue weighted by molar-refractivity contribution is -0.122. The summed E-state index contributed by atoms with van der Waals surface area (Å²) in [6.45, 7) is -0.133. The Bertz CT molecular complexity index is 1120. The van der Waals surface area contributed by atoms with Gasteiger partial charge in [0.05, 0.1) is 16.7 Å². The van der Waals surface area contributed by atoms with E-state index >= 15 is 0 Å². The highest BCUT2D eigenvalue weighted by Gasteiger charge is 2.16. The first-order valence-electron chi connectivity index (χ1n) is 8.28. The fourth-order valence-corrected chi connectivity index (χ4v) is 3.72. The van der Waals surface area contributed by atoms with Gasteiger partial charge in [-0.3, -0.25) is 9.36 Å². The first-order chi connectivity index (χ1) is 13.1. The molecule has 0 saturated heterocycles. The Balaban J connectivity index is 1.39. The quantitative estimate of drug-likeness (QED) is 0.533. The SMILES string of the molecule is O=C(Cn1c(=O)oc2ccccc21)NCC(O)c1ccc(-c2ccco2)s1. The normalized spacial score (nSPS) is 12.3. The van der Waals surface area contributed by atoms with Crippen LogP contribution in [0.15, 0.2) is 68.4 Å². The molecular weight excluding hydrogens is 368 g/mol. The molecule has 27 heavy (non-hydrogen) atoms. The van der Waals surface area contributed by atoms with Gasteiger partial charge >= 0.3 is 5.76 Å². The van der Waals surface area contributed by atoms with Gasteiger partial charge in [-0.2, -0.15) is 0 Å². The topological polar surface area (TPSA) is 97.6 Å². The molecule has 7 nitrogen and oxygen atoms in total. The predicted molar refractivity (Wildman–Crippen MR) is 100 cm³/mol. The number of nitrogens with one attached hydrogen (secondary N) is 1. The molecule has 138 valence electrons. The van der Waals surface area contributed by atoms with Gasteiger partial charge in [-0.1, -0.05) is 12.1 Å². The summed E-state index contributed by atoms with van der Waals surface area (Å²) in [5.74, 6) is -0.243. The molecule has 4 rings (SSSR count). The largest absolute Gasteiger partial charge is 0.464 e. The van der Waals surface area contributed by atoms with E-state index in [9.17, 15) is 14.7 Å². The molecule has 0 aliphatic carbocycles. The molecule has 0 aliphatic rings. The molecule has 0 saturated carbocycles. The number of thiophene rings is 1. The van der Waals surface area contributed by atoms with Gasteiger partial charge in [0.2, 0.25) is 5.91 Å². The summed E-state index contributed by atoms with van der Waals surface area (Å²) < 4.78 is 11.7. The number of para-hydroxylation sites is 2. The van der Waals surface area contributed by atoms with Crippen molar-refractivity contribution in [1.29, 1.82) is 0 Å². The molecular formula is C19H16N2O5S. The van der Waals surface area contributed by atoms with Crippen molar-refractivity contribution in [2.45, 2.75) is 12.6 Å². The minimum absolute atomic E-state index is 0.0431. The zero-order chi connectivity index (χ0) is 18.8. The number of hydrogen-bond acceptors (Lipinski definition) is 6. The summed E-state index contributed by atoms with van der Waals surface area (Å²) in [4.78, 5) is 25.7. The number of rotatable bonds is 6. The molecule has 8 heteroatoms. The van der Waals surface area contributed by atoms with Crippen LogP contribution in [0.4, 0.5) is 0 Å². The van der Waals surface area contributed by atoms with Crippen molar-refractivity contribution in [3.05, 3.63) is 70.2 Å². The maximum absolute atomic E-state index is 12.2. The number of nitrogens with zero attached hydrogens (tertiary/aromatic N) is 1. The summed E-state index contributed by atoms with van der Waals surface area (Å²) in [5, 5.41) is 13.0. The molecule has 1 amide bonds. The number of benzene rings is 1. The van der Waals surface area contributed by atoms with E-state index in [1.54, 1.807) is 42.7 Å². The lowest BCUT2D eigenvalue weighted by atomic mass is 10.2. The number of amides is 1. The van der Waals surface area contributed by atoms with Gasteiger partial charge in [-0.15, -0.1) is 11.3 Å². The minimum Gasteiger partial charge on any atom is -0.464 e. The lowest BCUT2D eigenvalue weighted by Crippen LogP contribution is -2.33. The molecule has 0 fully saturated rings. The third-order valence-corrected chi connectivity index (χ3v) is 5.29. The van der Waals surface area contributed by atoms with Gasteiger partial charge < -0.3 is 19.3 Å².